The lowest BCUT2D eigenvalue weighted by Gasteiger charge is -2.30. The molecule has 3 aromatic heterocycles. The van der Waals surface area contributed by atoms with Crippen LogP contribution in [0.3, 0.4) is 0 Å². The topological polar surface area (TPSA) is 103 Å². The van der Waals surface area contributed by atoms with Crippen LogP contribution in [0.15, 0.2) is 79.3 Å². The number of ether oxygens (including phenoxy) is 1. The number of esters is 1. The summed E-state index contributed by atoms with van der Waals surface area (Å²) in [7, 11) is 1.25. The van der Waals surface area contributed by atoms with Crippen molar-refractivity contribution in [3.63, 3.8) is 0 Å². The summed E-state index contributed by atoms with van der Waals surface area (Å²) in [6.07, 6.45) is 5.04. The van der Waals surface area contributed by atoms with Gasteiger partial charge < -0.3 is 25.0 Å². The number of aromatic nitrogens is 3. The van der Waals surface area contributed by atoms with Crippen molar-refractivity contribution in [3.8, 4) is 0 Å². The average molecular weight is 541 g/mol. The maximum absolute atomic E-state index is 15.2. The van der Waals surface area contributed by atoms with Crippen LogP contribution < -0.4 is 5.32 Å². The van der Waals surface area contributed by atoms with Crippen LogP contribution >= 0.6 is 0 Å². The number of carbonyl (C=O) groups excluding carboxylic acids is 2. The second-order valence-corrected chi connectivity index (χ2v) is 9.97. The highest BCUT2D eigenvalue weighted by Crippen LogP contribution is 2.41. The molecule has 0 spiro atoms. The zero-order chi connectivity index (χ0) is 28.0. The van der Waals surface area contributed by atoms with Gasteiger partial charge in [0.05, 0.1) is 7.11 Å². The van der Waals surface area contributed by atoms with Gasteiger partial charge in [-0.1, -0.05) is 30.3 Å². The fourth-order valence-electron chi connectivity index (χ4n) is 5.62. The molecule has 4 N–H and O–H groups in total. The summed E-state index contributed by atoms with van der Waals surface area (Å²) in [6.45, 7) is 1.60. The van der Waals surface area contributed by atoms with E-state index in [9.17, 15) is 9.59 Å². The summed E-state index contributed by atoms with van der Waals surface area (Å²) in [4.78, 5) is 36.6. The van der Waals surface area contributed by atoms with Gasteiger partial charge in [0.15, 0.2) is 0 Å². The Bertz CT molecular complexity index is 1820. The first-order valence-corrected chi connectivity index (χ1v) is 12.8. The number of hydrogen-bond acceptors (Lipinski definition) is 3. The number of hydrogen-bond donors (Lipinski definition) is 4. The number of benzene rings is 3. The van der Waals surface area contributed by atoms with Crippen LogP contribution in [-0.2, 0) is 26.2 Å². The molecule has 0 saturated carbocycles. The van der Waals surface area contributed by atoms with Crippen molar-refractivity contribution in [3.05, 3.63) is 108 Å². The summed E-state index contributed by atoms with van der Waals surface area (Å²) >= 11 is 0. The van der Waals surface area contributed by atoms with E-state index < -0.39 is 35.0 Å². The molecule has 7 nitrogen and oxygen atoms in total. The zero-order valence-corrected chi connectivity index (χ0v) is 21.8. The van der Waals surface area contributed by atoms with E-state index in [1.54, 1.807) is 49.8 Å². The molecule has 40 heavy (non-hydrogen) atoms. The molecule has 202 valence electrons. The van der Waals surface area contributed by atoms with E-state index in [1.165, 1.54) is 19.2 Å². The number of fused-ring (bicyclic) bond motifs is 3. The minimum Gasteiger partial charge on any atom is -0.467 e. The summed E-state index contributed by atoms with van der Waals surface area (Å²) in [5, 5.41) is 4.18. The van der Waals surface area contributed by atoms with Gasteiger partial charge in [-0.2, -0.15) is 0 Å². The lowest BCUT2D eigenvalue weighted by molar-refractivity contribution is -0.145. The highest BCUT2D eigenvalue weighted by molar-refractivity contribution is 6.03. The molecule has 0 aliphatic heterocycles. The summed E-state index contributed by atoms with van der Waals surface area (Å²) in [6, 6.07) is 15.7. The van der Waals surface area contributed by atoms with Crippen molar-refractivity contribution in [2.45, 2.75) is 24.8 Å². The number of halogens is 2. The van der Waals surface area contributed by atoms with Crippen LogP contribution in [0, 0.1) is 11.6 Å². The summed E-state index contributed by atoms with van der Waals surface area (Å²) in [5.74, 6) is -2.32. The van der Waals surface area contributed by atoms with Crippen LogP contribution in [0.25, 0.3) is 32.7 Å². The van der Waals surface area contributed by atoms with Gasteiger partial charge >= 0.3 is 5.97 Å². The second-order valence-electron chi connectivity index (χ2n) is 9.97. The van der Waals surface area contributed by atoms with E-state index in [1.807, 2.05) is 24.3 Å². The Hall–Kier alpha value is -4.92. The fraction of sp³-hybridized carbons (Fsp3) is 0.161. The first-order valence-electron chi connectivity index (χ1n) is 12.8. The van der Waals surface area contributed by atoms with Gasteiger partial charge in [-0.15, -0.1) is 0 Å². The van der Waals surface area contributed by atoms with E-state index >= 15 is 8.78 Å². The molecule has 0 aliphatic carbocycles. The quantitative estimate of drug-likeness (QED) is 0.198. The third kappa shape index (κ3) is 3.93. The Labute approximate surface area is 227 Å². The molecule has 0 unspecified atom stereocenters. The Kier molecular flexibility index (Phi) is 6.14. The standard InChI is InChI=1S/C31H26F2N4O3/c1-31(19-15-35-24-11-5-8-21(32)27(19)24,20-16-36-25-12-6-9-22(33)28(20)25)30(39)37-26(29(38)40-2)13-17-14-34-23-10-4-3-7-18(17)23/h3-12,14-16,26,34-36H,13H2,1-2H3,(H,37,39)/t26-/m0/s1. The van der Waals surface area contributed by atoms with Crippen molar-refractivity contribution >= 4 is 44.6 Å². The van der Waals surface area contributed by atoms with Gasteiger partial charge in [-0.25, -0.2) is 13.6 Å². The number of nitrogens with one attached hydrogen (secondary N) is 4. The van der Waals surface area contributed by atoms with Crippen molar-refractivity contribution in [2.75, 3.05) is 7.11 Å². The average Bonchev–Trinajstić information content (AvgIpc) is 3.70. The Balaban J connectivity index is 1.49. The van der Waals surface area contributed by atoms with Gasteiger partial charge in [-0.05, 0) is 42.8 Å². The van der Waals surface area contributed by atoms with E-state index in [0.29, 0.717) is 22.2 Å². The molecular formula is C31H26F2N4O3. The molecule has 0 fully saturated rings. The largest absolute Gasteiger partial charge is 0.467 e. The number of methoxy groups -OCH3 is 1. The SMILES string of the molecule is COC(=O)[C@H](Cc1c[nH]c2ccccc12)NC(=O)C(C)(c1c[nH]c2cccc(F)c12)c1c[nH]c2cccc(F)c12. The van der Waals surface area contributed by atoms with Crippen LogP contribution in [0.5, 0.6) is 0 Å². The Morgan fingerprint density at radius 1 is 0.825 bits per heavy atom. The van der Waals surface area contributed by atoms with E-state index in [-0.39, 0.29) is 17.2 Å². The molecule has 1 amide bonds. The van der Waals surface area contributed by atoms with E-state index in [2.05, 4.69) is 20.3 Å². The molecule has 3 heterocycles. The minimum absolute atomic E-state index is 0.142. The van der Waals surface area contributed by atoms with Gasteiger partial charge in [0, 0.05) is 68.8 Å². The molecule has 0 bridgehead atoms. The monoisotopic (exact) mass is 540 g/mol. The van der Waals surface area contributed by atoms with Crippen LogP contribution in [0.1, 0.15) is 23.6 Å². The van der Waals surface area contributed by atoms with Crippen molar-refractivity contribution in [1.29, 1.82) is 0 Å². The third-order valence-corrected chi connectivity index (χ3v) is 7.73. The predicted octanol–water partition coefficient (Wildman–Crippen LogP) is 5.62. The molecule has 6 rings (SSSR count). The molecule has 3 aromatic carbocycles. The molecular weight excluding hydrogens is 514 g/mol. The predicted molar refractivity (Wildman–Crippen MR) is 149 cm³/mol. The minimum atomic E-state index is -1.62. The Morgan fingerprint density at radius 3 is 1.98 bits per heavy atom. The van der Waals surface area contributed by atoms with E-state index in [0.717, 1.165) is 16.5 Å². The maximum Gasteiger partial charge on any atom is 0.328 e. The number of amides is 1. The van der Waals surface area contributed by atoms with Gasteiger partial charge in [0.1, 0.15) is 23.1 Å². The molecule has 0 radical (unpaired) electrons. The molecule has 0 saturated heterocycles. The normalized spacial score (nSPS) is 12.7. The molecule has 0 aliphatic rings. The Morgan fingerprint density at radius 2 is 1.38 bits per heavy atom. The van der Waals surface area contributed by atoms with Crippen LogP contribution in [0.2, 0.25) is 0 Å². The first kappa shape index (κ1) is 25.4. The van der Waals surface area contributed by atoms with Gasteiger partial charge in [-0.3, -0.25) is 4.79 Å². The summed E-state index contributed by atoms with van der Waals surface area (Å²) < 4.78 is 35.5. The number of rotatable bonds is 7. The molecule has 1 atom stereocenters. The van der Waals surface area contributed by atoms with Crippen molar-refractivity contribution < 1.29 is 23.1 Å². The second kappa shape index (κ2) is 9.68. The number of H-pyrrole nitrogens is 3. The number of carbonyl (C=O) groups is 2. The van der Waals surface area contributed by atoms with Gasteiger partial charge in [0.2, 0.25) is 5.91 Å². The highest BCUT2D eigenvalue weighted by Gasteiger charge is 2.43. The lowest BCUT2D eigenvalue weighted by atomic mass is 9.74. The van der Waals surface area contributed by atoms with Crippen LogP contribution in [0.4, 0.5) is 8.78 Å². The smallest absolute Gasteiger partial charge is 0.328 e. The lowest BCUT2D eigenvalue weighted by Crippen LogP contribution is -2.51. The van der Waals surface area contributed by atoms with Crippen LogP contribution in [-0.4, -0.2) is 40.0 Å². The van der Waals surface area contributed by atoms with Gasteiger partial charge in [0.25, 0.3) is 0 Å². The molecule has 6 aromatic rings. The summed E-state index contributed by atoms with van der Waals surface area (Å²) in [5.41, 5.74) is 1.66. The van der Waals surface area contributed by atoms with E-state index in [4.69, 9.17) is 4.74 Å². The third-order valence-electron chi connectivity index (χ3n) is 7.73. The maximum atomic E-state index is 15.2. The highest BCUT2D eigenvalue weighted by atomic mass is 19.1. The van der Waals surface area contributed by atoms with Crippen molar-refractivity contribution in [1.82, 2.24) is 20.3 Å². The fourth-order valence-corrected chi connectivity index (χ4v) is 5.62. The number of aromatic amines is 3. The van der Waals surface area contributed by atoms with Crippen molar-refractivity contribution in [2.24, 2.45) is 0 Å². The first-order chi connectivity index (χ1) is 19.3. The molecule has 9 heteroatoms. The number of para-hydroxylation sites is 1. The zero-order valence-electron chi connectivity index (χ0n) is 21.8.